The molecule has 1 aliphatic carbocycles. The maximum absolute atomic E-state index is 13.6. The maximum Gasteiger partial charge on any atom is 0.263 e. The summed E-state index contributed by atoms with van der Waals surface area (Å²) in [7, 11) is -3.85. The minimum Gasteiger partial charge on any atom is -0.354 e. The third-order valence-corrected chi connectivity index (χ3v) is 9.85. The number of rotatable bonds is 7. The number of sulfonamides is 1. The van der Waals surface area contributed by atoms with Gasteiger partial charge in [0.15, 0.2) is 0 Å². The molecule has 0 unspecified atom stereocenters. The lowest BCUT2D eigenvalue weighted by atomic mass is 9.94. The Balaban J connectivity index is 1.56. The minimum absolute atomic E-state index is 0.0466. The van der Waals surface area contributed by atoms with Crippen molar-refractivity contribution in [1.29, 1.82) is 0 Å². The lowest BCUT2D eigenvalue weighted by Gasteiger charge is -2.34. The van der Waals surface area contributed by atoms with Crippen LogP contribution < -0.4 is 10.9 Å². The molecular weight excluding hydrogens is 472 g/mol. The standard InChI is InChI=1S/C24H34N4O4S2/c1-16-11-17(2)13-28(12-16)34(31,32)22-18(3)33-23-21(22)24(30)27(15-26-23)14-20(29)25-10-9-19-7-5-4-6-8-19/h7,15-17H,4-6,8-14H2,1-3H3,(H,25,29)/t16-,17-/m1/s1. The van der Waals surface area contributed by atoms with Crippen LogP contribution in [0.15, 0.2) is 27.7 Å². The van der Waals surface area contributed by atoms with E-state index in [2.05, 4.69) is 30.2 Å². The summed E-state index contributed by atoms with van der Waals surface area (Å²) in [5, 5.41) is 2.97. The van der Waals surface area contributed by atoms with E-state index in [-0.39, 0.29) is 34.6 Å². The third kappa shape index (κ3) is 5.28. The predicted octanol–water partition coefficient (Wildman–Crippen LogP) is 3.44. The van der Waals surface area contributed by atoms with Gasteiger partial charge in [0.25, 0.3) is 5.56 Å². The van der Waals surface area contributed by atoms with Crippen LogP contribution in [0.3, 0.4) is 0 Å². The highest BCUT2D eigenvalue weighted by Crippen LogP contribution is 2.35. The van der Waals surface area contributed by atoms with Crippen LogP contribution in [0.2, 0.25) is 0 Å². The summed E-state index contributed by atoms with van der Waals surface area (Å²) in [6.07, 6.45) is 10.00. The molecule has 186 valence electrons. The van der Waals surface area contributed by atoms with Crippen molar-refractivity contribution in [2.45, 2.75) is 70.7 Å². The van der Waals surface area contributed by atoms with Crippen LogP contribution in [0, 0.1) is 18.8 Å². The van der Waals surface area contributed by atoms with Gasteiger partial charge in [-0.15, -0.1) is 11.3 Å². The third-order valence-electron chi connectivity index (χ3n) is 6.70. The van der Waals surface area contributed by atoms with E-state index in [9.17, 15) is 18.0 Å². The van der Waals surface area contributed by atoms with E-state index in [0.29, 0.717) is 29.3 Å². The first kappa shape index (κ1) is 25.1. The molecule has 2 atom stereocenters. The first-order valence-corrected chi connectivity index (χ1v) is 14.4. The Morgan fingerprint density at radius 3 is 2.65 bits per heavy atom. The Hall–Kier alpha value is -2.04. The molecule has 8 nitrogen and oxygen atoms in total. The molecule has 1 aliphatic heterocycles. The largest absolute Gasteiger partial charge is 0.354 e. The number of hydrogen-bond acceptors (Lipinski definition) is 6. The van der Waals surface area contributed by atoms with E-state index in [1.807, 2.05) is 0 Å². The molecule has 2 aliphatic rings. The van der Waals surface area contributed by atoms with Crippen molar-refractivity contribution >= 4 is 37.5 Å². The highest BCUT2D eigenvalue weighted by atomic mass is 32.2. The van der Waals surface area contributed by atoms with Gasteiger partial charge in [0.1, 0.15) is 16.3 Å². The van der Waals surface area contributed by atoms with Gasteiger partial charge in [-0.25, -0.2) is 13.4 Å². The number of thiophene rings is 1. The molecule has 34 heavy (non-hydrogen) atoms. The van der Waals surface area contributed by atoms with E-state index in [4.69, 9.17) is 0 Å². The van der Waals surface area contributed by atoms with E-state index in [1.54, 1.807) is 6.92 Å². The molecule has 0 spiro atoms. The van der Waals surface area contributed by atoms with Crippen molar-refractivity contribution in [3.05, 3.63) is 33.2 Å². The van der Waals surface area contributed by atoms with Crippen LogP contribution in [-0.4, -0.2) is 47.8 Å². The molecule has 0 bridgehead atoms. The number of carbonyl (C=O) groups is 1. The minimum atomic E-state index is -3.85. The normalized spacial score (nSPS) is 22.0. The smallest absolute Gasteiger partial charge is 0.263 e. The molecule has 1 fully saturated rings. The Kier molecular flexibility index (Phi) is 7.59. The SMILES string of the molecule is Cc1sc2ncn(CC(=O)NCCC3=CCCCC3)c(=O)c2c1S(=O)(=O)N1C[C@H](C)C[C@@H](C)C1. The van der Waals surface area contributed by atoms with Crippen LogP contribution in [0.4, 0.5) is 0 Å². The van der Waals surface area contributed by atoms with Gasteiger partial charge in [-0.3, -0.25) is 14.2 Å². The number of piperidine rings is 1. The van der Waals surface area contributed by atoms with Crippen LogP contribution in [-0.2, 0) is 21.4 Å². The summed E-state index contributed by atoms with van der Waals surface area (Å²) in [5.41, 5.74) is 0.882. The maximum atomic E-state index is 13.6. The number of nitrogens with one attached hydrogen (secondary N) is 1. The van der Waals surface area contributed by atoms with E-state index in [0.717, 1.165) is 25.7 Å². The van der Waals surface area contributed by atoms with Crippen molar-refractivity contribution in [2.24, 2.45) is 11.8 Å². The number of amides is 1. The van der Waals surface area contributed by atoms with Gasteiger partial charge in [0.2, 0.25) is 15.9 Å². The summed E-state index contributed by atoms with van der Waals surface area (Å²) in [6.45, 7) is 7.04. The first-order valence-electron chi connectivity index (χ1n) is 12.1. The molecule has 1 saturated heterocycles. The zero-order valence-corrected chi connectivity index (χ0v) is 21.8. The molecule has 3 heterocycles. The van der Waals surface area contributed by atoms with Crippen molar-refractivity contribution in [1.82, 2.24) is 19.2 Å². The summed E-state index contributed by atoms with van der Waals surface area (Å²) < 4.78 is 30.0. The molecule has 1 amide bonds. The van der Waals surface area contributed by atoms with E-state index in [1.165, 1.54) is 45.0 Å². The number of carbonyl (C=O) groups excluding carboxylic acids is 1. The topological polar surface area (TPSA) is 101 Å². The predicted molar refractivity (Wildman–Crippen MR) is 134 cm³/mol. The molecule has 0 aromatic carbocycles. The van der Waals surface area contributed by atoms with Gasteiger partial charge in [-0.05, 0) is 57.3 Å². The second-order valence-corrected chi connectivity index (χ2v) is 12.9. The zero-order chi connectivity index (χ0) is 24.5. The van der Waals surface area contributed by atoms with Crippen LogP contribution in [0.1, 0.15) is 57.2 Å². The highest BCUT2D eigenvalue weighted by Gasteiger charge is 2.35. The van der Waals surface area contributed by atoms with Gasteiger partial charge < -0.3 is 5.32 Å². The lowest BCUT2D eigenvalue weighted by Crippen LogP contribution is -2.43. The van der Waals surface area contributed by atoms with Crippen molar-refractivity contribution in [3.8, 4) is 0 Å². The molecule has 10 heteroatoms. The fourth-order valence-corrected chi connectivity index (χ4v) is 8.52. The van der Waals surface area contributed by atoms with Gasteiger partial charge in [0, 0.05) is 24.5 Å². The number of aryl methyl sites for hydroxylation is 1. The average molecular weight is 507 g/mol. The average Bonchev–Trinajstić information content (AvgIpc) is 3.13. The first-order chi connectivity index (χ1) is 16.2. The summed E-state index contributed by atoms with van der Waals surface area (Å²) in [4.78, 5) is 31.2. The Morgan fingerprint density at radius 2 is 1.97 bits per heavy atom. The molecule has 1 N–H and O–H groups in total. The number of allylic oxidation sites excluding steroid dienone is 1. The fourth-order valence-electron chi connectivity index (χ4n) is 5.17. The number of aromatic nitrogens is 2. The second kappa shape index (κ2) is 10.3. The molecule has 2 aromatic rings. The Labute approximate surface area is 205 Å². The van der Waals surface area contributed by atoms with Gasteiger partial charge in [-0.2, -0.15) is 4.31 Å². The summed E-state index contributed by atoms with van der Waals surface area (Å²) >= 11 is 1.21. The van der Waals surface area contributed by atoms with Gasteiger partial charge in [-0.1, -0.05) is 25.5 Å². The van der Waals surface area contributed by atoms with Gasteiger partial charge >= 0.3 is 0 Å². The number of hydrogen-bond donors (Lipinski definition) is 1. The van der Waals surface area contributed by atoms with Crippen LogP contribution >= 0.6 is 11.3 Å². The molecule has 4 rings (SSSR count). The lowest BCUT2D eigenvalue weighted by molar-refractivity contribution is -0.121. The molecular formula is C24H34N4O4S2. The van der Waals surface area contributed by atoms with Crippen molar-refractivity contribution in [3.63, 3.8) is 0 Å². The van der Waals surface area contributed by atoms with E-state index >= 15 is 0 Å². The molecule has 2 aromatic heterocycles. The summed E-state index contributed by atoms with van der Waals surface area (Å²) in [6, 6.07) is 0. The van der Waals surface area contributed by atoms with Crippen molar-refractivity contribution in [2.75, 3.05) is 19.6 Å². The van der Waals surface area contributed by atoms with Crippen LogP contribution in [0.5, 0.6) is 0 Å². The van der Waals surface area contributed by atoms with Crippen molar-refractivity contribution < 1.29 is 13.2 Å². The fraction of sp³-hybridized carbons (Fsp3) is 0.625. The number of nitrogens with zero attached hydrogens (tertiary/aromatic N) is 3. The number of fused-ring (bicyclic) bond motifs is 1. The Bertz CT molecular complexity index is 1250. The molecule has 0 saturated carbocycles. The Morgan fingerprint density at radius 1 is 1.24 bits per heavy atom. The quantitative estimate of drug-likeness (QED) is 0.580. The van der Waals surface area contributed by atoms with Crippen LogP contribution in [0.25, 0.3) is 10.2 Å². The monoisotopic (exact) mass is 506 g/mol. The highest BCUT2D eigenvalue weighted by molar-refractivity contribution is 7.89. The van der Waals surface area contributed by atoms with Gasteiger partial charge in [0.05, 0.1) is 11.7 Å². The summed E-state index contributed by atoms with van der Waals surface area (Å²) in [5.74, 6) is 0.230. The second-order valence-electron chi connectivity index (χ2n) is 9.82. The molecule has 0 radical (unpaired) electrons. The van der Waals surface area contributed by atoms with E-state index < -0.39 is 15.6 Å². The zero-order valence-electron chi connectivity index (χ0n) is 20.2.